The van der Waals surface area contributed by atoms with E-state index in [0.717, 1.165) is 42.0 Å². The van der Waals surface area contributed by atoms with Crippen molar-refractivity contribution in [2.75, 3.05) is 7.11 Å². The number of aryl methyl sites for hydroxylation is 2. The van der Waals surface area contributed by atoms with Gasteiger partial charge >= 0.3 is 0 Å². The number of fused-ring (bicyclic) bond motifs is 1. The Kier molecular flexibility index (Phi) is 5.41. The summed E-state index contributed by atoms with van der Waals surface area (Å²) < 4.78 is 5.30. The second-order valence-electron chi connectivity index (χ2n) is 6.20. The minimum absolute atomic E-state index is 0.0959. The fraction of sp³-hybridized carbons (Fsp3) is 0.350. The maximum absolute atomic E-state index is 12.3. The Labute approximate surface area is 148 Å². The number of rotatable bonds is 5. The summed E-state index contributed by atoms with van der Waals surface area (Å²) in [7, 11) is 1.68. The van der Waals surface area contributed by atoms with Crippen molar-refractivity contribution >= 4 is 17.5 Å². The maximum Gasteiger partial charge on any atom is 0.220 e. The van der Waals surface area contributed by atoms with E-state index in [2.05, 4.69) is 17.4 Å². The highest BCUT2D eigenvalue weighted by Crippen LogP contribution is 2.32. The number of carbonyl (C=O) groups is 1. The van der Waals surface area contributed by atoms with Crippen LogP contribution in [0.2, 0.25) is 5.02 Å². The van der Waals surface area contributed by atoms with Gasteiger partial charge in [0.15, 0.2) is 0 Å². The average molecular weight is 344 g/mol. The van der Waals surface area contributed by atoms with Gasteiger partial charge in [0.05, 0.1) is 13.2 Å². The van der Waals surface area contributed by atoms with Crippen LogP contribution < -0.4 is 10.1 Å². The molecule has 126 valence electrons. The summed E-state index contributed by atoms with van der Waals surface area (Å²) in [6.45, 7) is 0. The summed E-state index contributed by atoms with van der Waals surface area (Å²) >= 11 is 5.88. The normalized spacial score (nSPS) is 16.3. The fourth-order valence-corrected chi connectivity index (χ4v) is 3.37. The standard InChI is InChI=1S/C20H22ClNO2/c1-24-17-10-11-18-15(13-17)3-2-4-19(18)22-20(23)12-7-14-5-8-16(21)9-6-14/h5-6,8-11,13,19H,2-4,7,12H2,1H3,(H,22,23). The second-order valence-corrected chi connectivity index (χ2v) is 6.64. The lowest BCUT2D eigenvalue weighted by atomic mass is 9.87. The summed E-state index contributed by atoms with van der Waals surface area (Å²) in [5.41, 5.74) is 3.63. The lowest BCUT2D eigenvalue weighted by molar-refractivity contribution is -0.121. The van der Waals surface area contributed by atoms with Gasteiger partial charge in [-0.05, 0) is 66.6 Å². The SMILES string of the molecule is COc1ccc2c(c1)CCCC2NC(=O)CCc1ccc(Cl)cc1. The molecule has 1 atom stereocenters. The molecule has 1 amide bonds. The monoisotopic (exact) mass is 343 g/mol. The minimum Gasteiger partial charge on any atom is -0.497 e. The molecule has 2 aromatic carbocycles. The third kappa shape index (κ3) is 4.09. The maximum atomic E-state index is 12.3. The van der Waals surface area contributed by atoms with E-state index in [1.165, 1.54) is 11.1 Å². The van der Waals surface area contributed by atoms with Crippen LogP contribution in [0.15, 0.2) is 42.5 Å². The van der Waals surface area contributed by atoms with Crippen molar-refractivity contribution in [2.45, 2.75) is 38.1 Å². The zero-order chi connectivity index (χ0) is 16.9. The molecule has 0 saturated carbocycles. The van der Waals surface area contributed by atoms with Crippen LogP contribution in [0.4, 0.5) is 0 Å². The van der Waals surface area contributed by atoms with Crippen molar-refractivity contribution in [3.63, 3.8) is 0 Å². The smallest absolute Gasteiger partial charge is 0.220 e. The molecule has 0 fully saturated rings. The van der Waals surface area contributed by atoms with Gasteiger partial charge in [0.2, 0.25) is 5.91 Å². The number of methoxy groups -OCH3 is 1. The molecule has 2 aromatic rings. The fourth-order valence-electron chi connectivity index (χ4n) is 3.24. The molecule has 0 aromatic heterocycles. The predicted molar refractivity (Wildman–Crippen MR) is 96.6 cm³/mol. The number of carbonyl (C=O) groups excluding carboxylic acids is 1. The van der Waals surface area contributed by atoms with Gasteiger partial charge in [-0.2, -0.15) is 0 Å². The van der Waals surface area contributed by atoms with Crippen LogP contribution in [-0.4, -0.2) is 13.0 Å². The first kappa shape index (κ1) is 16.8. The number of ether oxygens (including phenoxy) is 1. The molecule has 0 heterocycles. The highest BCUT2D eigenvalue weighted by molar-refractivity contribution is 6.30. The lowest BCUT2D eigenvalue weighted by Crippen LogP contribution is -2.31. The Morgan fingerprint density at radius 3 is 2.79 bits per heavy atom. The first-order chi connectivity index (χ1) is 11.7. The van der Waals surface area contributed by atoms with Crippen molar-refractivity contribution in [3.8, 4) is 5.75 Å². The second kappa shape index (κ2) is 7.71. The van der Waals surface area contributed by atoms with Crippen LogP contribution in [0.5, 0.6) is 5.75 Å². The first-order valence-electron chi connectivity index (χ1n) is 8.36. The zero-order valence-corrected chi connectivity index (χ0v) is 14.6. The highest BCUT2D eigenvalue weighted by atomic mass is 35.5. The van der Waals surface area contributed by atoms with E-state index in [1.54, 1.807) is 7.11 Å². The van der Waals surface area contributed by atoms with E-state index in [4.69, 9.17) is 16.3 Å². The molecule has 3 rings (SSSR count). The van der Waals surface area contributed by atoms with E-state index in [1.807, 2.05) is 30.3 Å². The number of amides is 1. The van der Waals surface area contributed by atoms with Crippen LogP contribution in [0.1, 0.15) is 42.0 Å². The van der Waals surface area contributed by atoms with E-state index < -0.39 is 0 Å². The van der Waals surface area contributed by atoms with Gasteiger partial charge < -0.3 is 10.1 Å². The van der Waals surface area contributed by atoms with Gasteiger partial charge in [0, 0.05) is 11.4 Å². The van der Waals surface area contributed by atoms with E-state index in [-0.39, 0.29) is 11.9 Å². The molecular weight excluding hydrogens is 322 g/mol. The summed E-state index contributed by atoms with van der Waals surface area (Å²) in [5.74, 6) is 0.974. The number of hydrogen-bond acceptors (Lipinski definition) is 2. The van der Waals surface area contributed by atoms with Crippen molar-refractivity contribution < 1.29 is 9.53 Å². The minimum atomic E-state index is 0.0959. The van der Waals surface area contributed by atoms with Crippen LogP contribution in [0.25, 0.3) is 0 Å². The molecule has 0 spiro atoms. The van der Waals surface area contributed by atoms with E-state index >= 15 is 0 Å². The van der Waals surface area contributed by atoms with Gasteiger partial charge in [0.1, 0.15) is 5.75 Å². The van der Waals surface area contributed by atoms with Crippen molar-refractivity contribution in [1.82, 2.24) is 5.32 Å². The molecular formula is C20H22ClNO2. The summed E-state index contributed by atoms with van der Waals surface area (Å²) in [4.78, 5) is 12.3. The first-order valence-corrected chi connectivity index (χ1v) is 8.74. The molecule has 4 heteroatoms. The molecule has 0 saturated heterocycles. The topological polar surface area (TPSA) is 38.3 Å². The van der Waals surface area contributed by atoms with Crippen LogP contribution in [-0.2, 0) is 17.6 Å². The molecule has 1 unspecified atom stereocenters. The van der Waals surface area contributed by atoms with Gasteiger partial charge in [0.25, 0.3) is 0 Å². The van der Waals surface area contributed by atoms with Crippen LogP contribution >= 0.6 is 11.6 Å². The van der Waals surface area contributed by atoms with Crippen molar-refractivity contribution in [3.05, 3.63) is 64.2 Å². The van der Waals surface area contributed by atoms with Crippen LogP contribution in [0.3, 0.4) is 0 Å². The molecule has 0 aliphatic heterocycles. The summed E-state index contributed by atoms with van der Waals surface area (Å²) in [6.07, 6.45) is 4.34. The number of nitrogens with one attached hydrogen (secondary N) is 1. The van der Waals surface area contributed by atoms with E-state index in [0.29, 0.717) is 6.42 Å². The Morgan fingerprint density at radius 1 is 1.25 bits per heavy atom. The molecule has 0 bridgehead atoms. The quantitative estimate of drug-likeness (QED) is 0.869. The largest absolute Gasteiger partial charge is 0.497 e. The molecule has 1 aliphatic carbocycles. The molecule has 1 N–H and O–H groups in total. The Balaban J connectivity index is 1.60. The molecule has 3 nitrogen and oxygen atoms in total. The van der Waals surface area contributed by atoms with Gasteiger partial charge in [-0.25, -0.2) is 0 Å². The number of benzene rings is 2. The van der Waals surface area contributed by atoms with Gasteiger partial charge in [-0.3, -0.25) is 4.79 Å². The third-order valence-electron chi connectivity index (χ3n) is 4.55. The average Bonchev–Trinajstić information content (AvgIpc) is 2.61. The lowest BCUT2D eigenvalue weighted by Gasteiger charge is -2.27. The Bertz CT molecular complexity index is 712. The number of hydrogen-bond donors (Lipinski definition) is 1. The Morgan fingerprint density at radius 2 is 2.04 bits per heavy atom. The molecule has 0 radical (unpaired) electrons. The zero-order valence-electron chi connectivity index (χ0n) is 13.8. The molecule has 24 heavy (non-hydrogen) atoms. The molecule has 1 aliphatic rings. The predicted octanol–water partition coefficient (Wildman–Crippen LogP) is 4.48. The van der Waals surface area contributed by atoms with Crippen molar-refractivity contribution in [2.24, 2.45) is 0 Å². The van der Waals surface area contributed by atoms with Gasteiger partial charge in [-0.15, -0.1) is 0 Å². The summed E-state index contributed by atoms with van der Waals surface area (Å²) in [6, 6.07) is 13.9. The summed E-state index contributed by atoms with van der Waals surface area (Å²) in [5, 5.41) is 3.91. The Hall–Kier alpha value is -2.00. The van der Waals surface area contributed by atoms with Gasteiger partial charge in [-0.1, -0.05) is 29.8 Å². The third-order valence-corrected chi connectivity index (χ3v) is 4.81. The number of halogens is 1. The van der Waals surface area contributed by atoms with Crippen molar-refractivity contribution in [1.29, 1.82) is 0 Å². The highest BCUT2D eigenvalue weighted by Gasteiger charge is 2.22. The van der Waals surface area contributed by atoms with Crippen LogP contribution in [0, 0.1) is 0 Å². The van der Waals surface area contributed by atoms with E-state index in [9.17, 15) is 4.79 Å².